The van der Waals surface area contributed by atoms with Gasteiger partial charge in [0.1, 0.15) is 6.10 Å². The zero-order valence-corrected chi connectivity index (χ0v) is 12.8. The van der Waals surface area contributed by atoms with Crippen LogP contribution in [0.2, 0.25) is 0 Å². The highest BCUT2D eigenvalue weighted by Gasteiger charge is 2.20. The van der Waals surface area contributed by atoms with E-state index in [2.05, 4.69) is 36.1 Å². The van der Waals surface area contributed by atoms with Gasteiger partial charge in [-0.2, -0.15) is 11.8 Å². The van der Waals surface area contributed by atoms with Crippen LogP contribution in [0.4, 0.5) is 0 Å². The first-order valence-electron chi connectivity index (χ1n) is 6.98. The highest BCUT2D eigenvalue weighted by molar-refractivity contribution is 7.99. The molecule has 0 spiro atoms. The van der Waals surface area contributed by atoms with Crippen molar-refractivity contribution in [3.8, 4) is 0 Å². The summed E-state index contributed by atoms with van der Waals surface area (Å²) in [6, 6.07) is 0.302. The zero-order valence-electron chi connectivity index (χ0n) is 12.0. The molecular weight excluding hydrogens is 258 g/mol. The van der Waals surface area contributed by atoms with E-state index in [1.165, 1.54) is 5.56 Å². The number of aryl methyl sites for hydroxylation is 1. The monoisotopic (exact) mass is 281 g/mol. The zero-order chi connectivity index (χ0) is 13.7. The summed E-state index contributed by atoms with van der Waals surface area (Å²) in [6.07, 6.45) is 3.15. The van der Waals surface area contributed by atoms with E-state index in [4.69, 9.17) is 4.74 Å². The Morgan fingerprint density at radius 3 is 3.05 bits per heavy atom. The summed E-state index contributed by atoms with van der Waals surface area (Å²) >= 11 is 1.91. The van der Waals surface area contributed by atoms with Gasteiger partial charge in [0.2, 0.25) is 0 Å². The van der Waals surface area contributed by atoms with E-state index in [0.29, 0.717) is 6.04 Å². The predicted octanol–water partition coefficient (Wildman–Crippen LogP) is 2.65. The van der Waals surface area contributed by atoms with Crippen molar-refractivity contribution in [3.63, 3.8) is 0 Å². The minimum atomic E-state index is 0.0606. The summed E-state index contributed by atoms with van der Waals surface area (Å²) in [4.78, 5) is 9.14. The Bertz CT molecular complexity index is 408. The van der Waals surface area contributed by atoms with E-state index in [-0.39, 0.29) is 6.10 Å². The minimum absolute atomic E-state index is 0.0606. The van der Waals surface area contributed by atoms with Gasteiger partial charge in [0.25, 0.3) is 0 Å². The Morgan fingerprint density at radius 2 is 2.42 bits per heavy atom. The van der Waals surface area contributed by atoms with Crippen molar-refractivity contribution in [2.45, 2.75) is 39.3 Å². The largest absolute Gasteiger partial charge is 0.368 e. The maximum atomic E-state index is 5.72. The quantitative estimate of drug-likeness (QED) is 0.899. The van der Waals surface area contributed by atoms with Gasteiger partial charge in [-0.1, -0.05) is 6.92 Å². The summed E-state index contributed by atoms with van der Waals surface area (Å²) in [5.74, 6) is 2.87. The third kappa shape index (κ3) is 3.91. The number of ether oxygens (including phenoxy) is 1. The fourth-order valence-corrected chi connectivity index (χ4v) is 3.02. The second-order valence-corrected chi connectivity index (χ2v) is 6.03. The lowest BCUT2D eigenvalue weighted by molar-refractivity contribution is 0.0692. The van der Waals surface area contributed by atoms with Gasteiger partial charge < -0.3 is 10.1 Å². The molecule has 0 amide bonds. The molecule has 0 saturated carbocycles. The lowest BCUT2D eigenvalue weighted by Gasteiger charge is -2.22. The van der Waals surface area contributed by atoms with Gasteiger partial charge in [-0.25, -0.2) is 9.97 Å². The summed E-state index contributed by atoms with van der Waals surface area (Å²) in [5.41, 5.74) is 2.24. The molecule has 2 atom stereocenters. The van der Waals surface area contributed by atoms with E-state index < -0.39 is 0 Å². The molecule has 19 heavy (non-hydrogen) atoms. The molecule has 2 unspecified atom stereocenters. The number of thioether (sulfide) groups is 1. The van der Waals surface area contributed by atoms with Crippen LogP contribution in [0.1, 0.15) is 49.5 Å². The normalized spacial score (nSPS) is 21.3. The van der Waals surface area contributed by atoms with Crippen LogP contribution in [0.3, 0.4) is 0 Å². The average molecular weight is 281 g/mol. The van der Waals surface area contributed by atoms with Crippen molar-refractivity contribution in [1.29, 1.82) is 0 Å². The van der Waals surface area contributed by atoms with Crippen molar-refractivity contribution < 1.29 is 4.74 Å². The van der Waals surface area contributed by atoms with Gasteiger partial charge in [0.15, 0.2) is 5.82 Å². The van der Waals surface area contributed by atoms with E-state index in [1.54, 1.807) is 0 Å². The molecule has 5 heteroatoms. The summed E-state index contributed by atoms with van der Waals surface area (Å²) in [5, 5.41) is 3.47. The summed E-state index contributed by atoms with van der Waals surface area (Å²) in [6.45, 7) is 8.21. The van der Waals surface area contributed by atoms with E-state index in [1.807, 2.05) is 18.0 Å². The summed E-state index contributed by atoms with van der Waals surface area (Å²) < 4.78 is 5.72. The first-order chi connectivity index (χ1) is 9.22. The van der Waals surface area contributed by atoms with Crippen molar-refractivity contribution in [2.75, 3.05) is 24.7 Å². The molecule has 2 rings (SSSR count). The fraction of sp³-hybridized carbons (Fsp3) is 0.714. The molecule has 0 aromatic carbocycles. The van der Waals surface area contributed by atoms with Gasteiger partial charge in [0.05, 0.1) is 6.61 Å². The highest BCUT2D eigenvalue weighted by Crippen LogP contribution is 2.25. The predicted molar refractivity (Wildman–Crippen MR) is 79.5 cm³/mol. The second kappa shape index (κ2) is 7.22. The molecule has 4 nitrogen and oxygen atoms in total. The number of hydrogen-bond donors (Lipinski definition) is 1. The maximum absolute atomic E-state index is 5.72. The van der Waals surface area contributed by atoms with Gasteiger partial charge in [-0.05, 0) is 26.8 Å². The van der Waals surface area contributed by atoms with Crippen LogP contribution in [-0.4, -0.2) is 34.6 Å². The molecule has 1 aromatic heterocycles. The lowest BCUT2D eigenvalue weighted by atomic mass is 10.1. The molecule has 2 heterocycles. The first-order valence-corrected chi connectivity index (χ1v) is 8.14. The van der Waals surface area contributed by atoms with Gasteiger partial charge >= 0.3 is 0 Å². The van der Waals surface area contributed by atoms with Crippen LogP contribution in [0.5, 0.6) is 0 Å². The summed E-state index contributed by atoms with van der Waals surface area (Å²) in [7, 11) is 0. The smallest absolute Gasteiger partial charge is 0.158 e. The van der Waals surface area contributed by atoms with Crippen molar-refractivity contribution >= 4 is 11.8 Å². The van der Waals surface area contributed by atoms with E-state index in [0.717, 1.165) is 42.6 Å². The van der Waals surface area contributed by atoms with Crippen molar-refractivity contribution in [2.24, 2.45) is 0 Å². The molecule has 1 saturated heterocycles. The molecular formula is C14H23N3OS. The molecule has 0 aliphatic carbocycles. The van der Waals surface area contributed by atoms with E-state index in [9.17, 15) is 0 Å². The van der Waals surface area contributed by atoms with Crippen LogP contribution >= 0.6 is 11.8 Å². The molecule has 0 radical (unpaired) electrons. The Morgan fingerprint density at radius 1 is 1.58 bits per heavy atom. The van der Waals surface area contributed by atoms with Gasteiger partial charge in [0, 0.05) is 35.0 Å². The van der Waals surface area contributed by atoms with Crippen molar-refractivity contribution in [3.05, 3.63) is 23.3 Å². The third-order valence-electron chi connectivity index (χ3n) is 3.31. The van der Waals surface area contributed by atoms with Crippen LogP contribution < -0.4 is 5.32 Å². The lowest BCUT2D eigenvalue weighted by Crippen LogP contribution is -2.22. The van der Waals surface area contributed by atoms with E-state index >= 15 is 0 Å². The Kier molecular flexibility index (Phi) is 5.60. The first kappa shape index (κ1) is 14.8. The minimum Gasteiger partial charge on any atom is -0.368 e. The van der Waals surface area contributed by atoms with Crippen molar-refractivity contribution in [1.82, 2.24) is 15.3 Å². The Balaban J connectivity index is 2.07. The molecule has 1 aromatic rings. The highest BCUT2D eigenvalue weighted by atomic mass is 32.2. The molecule has 1 aliphatic rings. The Hall–Kier alpha value is -0.650. The Labute approximate surface area is 119 Å². The molecule has 0 bridgehead atoms. The number of rotatable bonds is 5. The molecule has 1 N–H and O–H groups in total. The number of nitrogens with one attached hydrogen (secondary N) is 1. The van der Waals surface area contributed by atoms with Gasteiger partial charge in [-0.15, -0.1) is 0 Å². The van der Waals surface area contributed by atoms with Crippen LogP contribution in [-0.2, 0) is 4.74 Å². The standard InChI is InChI=1S/C14H23N3OS/c1-4-5-15-10(2)12-8-16-14(17-11(12)3)13-9-19-7-6-18-13/h8,10,13,15H,4-7,9H2,1-3H3. The van der Waals surface area contributed by atoms with Crippen LogP contribution in [0, 0.1) is 6.92 Å². The SMILES string of the molecule is CCCNC(C)c1cnc(C2CSCCO2)nc1C. The molecule has 106 valence electrons. The fourth-order valence-electron chi connectivity index (χ4n) is 2.18. The molecule has 1 aliphatic heterocycles. The topological polar surface area (TPSA) is 47.0 Å². The number of nitrogens with zero attached hydrogens (tertiary/aromatic N) is 2. The molecule has 1 fully saturated rings. The average Bonchev–Trinajstić information content (AvgIpc) is 2.45. The number of hydrogen-bond acceptors (Lipinski definition) is 5. The maximum Gasteiger partial charge on any atom is 0.158 e. The van der Waals surface area contributed by atoms with Gasteiger partial charge in [-0.3, -0.25) is 0 Å². The van der Waals surface area contributed by atoms with Crippen LogP contribution in [0.15, 0.2) is 6.20 Å². The second-order valence-electron chi connectivity index (χ2n) is 4.88. The van der Waals surface area contributed by atoms with Crippen LogP contribution in [0.25, 0.3) is 0 Å². The third-order valence-corrected chi connectivity index (χ3v) is 4.30. The number of aromatic nitrogens is 2.